The lowest BCUT2D eigenvalue weighted by Crippen LogP contribution is -2.22. The first-order chi connectivity index (χ1) is 9.54. The lowest BCUT2D eigenvalue weighted by atomic mass is 9.95. The zero-order valence-electron chi connectivity index (χ0n) is 12.0. The maximum absolute atomic E-state index is 13.8. The number of rotatable bonds is 4. The third-order valence-corrected chi connectivity index (χ3v) is 4.14. The number of aryl methyl sites for hydroxylation is 2. The van der Waals surface area contributed by atoms with Gasteiger partial charge in [0.2, 0.25) is 0 Å². The quantitative estimate of drug-likeness (QED) is 0.837. The van der Waals surface area contributed by atoms with Crippen LogP contribution in [0, 0.1) is 19.7 Å². The highest BCUT2D eigenvalue weighted by Gasteiger charge is 2.17. The highest BCUT2D eigenvalue weighted by Crippen LogP contribution is 2.30. The Labute approximate surface area is 128 Å². The second kappa shape index (κ2) is 6.51. The molecular weight excluding hydrogens is 317 g/mol. The van der Waals surface area contributed by atoms with Crippen LogP contribution in [-0.4, -0.2) is 6.54 Å². The molecule has 2 rings (SSSR count). The van der Waals surface area contributed by atoms with E-state index in [1.165, 1.54) is 5.56 Å². The van der Waals surface area contributed by atoms with Gasteiger partial charge in [0.05, 0.1) is 6.04 Å². The van der Waals surface area contributed by atoms with Gasteiger partial charge in [-0.1, -0.05) is 53.2 Å². The first kappa shape index (κ1) is 15.2. The van der Waals surface area contributed by atoms with E-state index >= 15 is 0 Å². The smallest absolute Gasteiger partial charge is 0.129 e. The molecule has 0 aromatic heterocycles. The Balaban J connectivity index is 2.52. The van der Waals surface area contributed by atoms with Crippen molar-refractivity contribution in [3.63, 3.8) is 0 Å². The fourth-order valence-electron chi connectivity index (χ4n) is 2.47. The molecule has 0 fully saturated rings. The average molecular weight is 336 g/mol. The van der Waals surface area contributed by atoms with Gasteiger partial charge in [0, 0.05) is 4.47 Å². The topological polar surface area (TPSA) is 12.0 Å². The molecule has 20 heavy (non-hydrogen) atoms. The summed E-state index contributed by atoms with van der Waals surface area (Å²) in [4.78, 5) is 0. The summed E-state index contributed by atoms with van der Waals surface area (Å²) in [6, 6.07) is 12.1. The fourth-order valence-corrected chi connectivity index (χ4v) is 2.98. The van der Waals surface area contributed by atoms with E-state index in [0.717, 1.165) is 16.6 Å². The molecular formula is C17H19BrFN. The molecule has 2 aromatic rings. The minimum Gasteiger partial charge on any atom is -0.306 e. The van der Waals surface area contributed by atoms with Gasteiger partial charge in [-0.25, -0.2) is 4.39 Å². The molecule has 0 amide bonds. The molecule has 0 saturated carbocycles. The van der Waals surface area contributed by atoms with Gasteiger partial charge in [-0.15, -0.1) is 0 Å². The van der Waals surface area contributed by atoms with E-state index in [2.05, 4.69) is 34.2 Å². The van der Waals surface area contributed by atoms with Crippen LogP contribution in [0.15, 0.2) is 40.9 Å². The van der Waals surface area contributed by atoms with Gasteiger partial charge in [0.1, 0.15) is 5.82 Å². The number of nitrogens with one attached hydrogen (secondary N) is 1. The summed E-state index contributed by atoms with van der Waals surface area (Å²) >= 11 is 3.60. The van der Waals surface area contributed by atoms with Crippen molar-refractivity contribution in [2.45, 2.75) is 26.8 Å². The van der Waals surface area contributed by atoms with E-state index in [-0.39, 0.29) is 11.9 Å². The molecule has 106 valence electrons. The Morgan fingerprint density at radius 1 is 1.15 bits per heavy atom. The van der Waals surface area contributed by atoms with Crippen LogP contribution < -0.4 is 5.32 Å². The predicted octanol–water partition coefficient (Wildman–Crippen LogP) is 4.90. The third-order valence-electron chi connectivity index (χ3n) is 3.42. The van der Waals surface area contributed by atoms with Crippen LogP contribution >= 0.6 is 15.9 Å². The maximum Gasteiger partial charge on any atom is 0.129 e. The Morgan fingerprint density at radius 2 is 1.75 bits per heavy atom. The Hall–Kier alpha value is -1.19. The van der Waals surface area contributed by atoms with Gasteiger partial charge >= 0.3 is 0 Å². The summed E-state index contributed by atoms with van der Waals surface area (Å²) in [6.45, 7) is 6.55. The van der Waals surface area contributed by atoms with Crippen molar-refractivity contribution in [1.29, 1.82) is 0 Å². The van der Waals surface area contributed by atoms with Gasteiger partial charge in [-0.3, -0.25) is 0 Å². The van der Waals surface area contributed by atoms with Crippen molar-refractivity contribution in [3.8, 4) is 0 Å². The van der Waals surface area contributed by atoms with Crippen LogP contribution in [-0.2, 0) is 0 Å². The largest absolute Gasteiger partial charge is 0.306 e. The van der Waals surface area contributed by atoms with Crippen LogP contribution in [0.5, 0.6) is 0 Å². The van der Waals surface area contributed by atoms with E-state index in [1.54, 1.807) is 0 Å². The first-order valence-corrected chi connectivity index (χ1v) is 7.58. The van der Waals surface area contributed by atoms with Crippen LogP contribution in [0.4, 0.5) is 4.39 Å². The summed E-state index contributed by atoms with van der Waals surface area (Å²) < 4.78 is 14.9. The molecule has 1 N–H and O–H groups in total. The zero-order valence-corrected chi connectivity index (χ0v) is 13.6. The monoisotopic (exact) mass is 335 g/mol. The molecule has 0 heterocycles. The number of hydrogen-bond acceptors (Lipinski definition) is 1. The van der Waals surface area contributed by atoms with Gasteiger partial charge in [0.25, 0.3) is 0 Å². The summed E-state index contributed by atoms with van der Waals surface area (Å²) in [5.74, 6) is -0.115. The highest BCUT2D eigenvalue weighted by atomic mass is 79.9. The highest BCUT2D eigenvalue weighted by molar-refractivity contribution is 9.10. The molecule has 1 nitrogen and oxygen atoms in total. The van der Waals surface area contributed by atoms with Crippen LogP contribution in [0.25, 0.3) is 0 Å². The number of hydrogen-bond donors (Lipinski definition) is 1. The number of benzene rings is 2. The van der Waals surface area contributed by atoms with Gasteiger partial charge in [0.15, 0.2) is 0 Å². The third kappa shape index (κ3) is 3.10. The fraction of sp³-hybridized carbons (Fsp3) is 0.294. The summed E-state index contributed by atoms with van der Waals surface area (Å²) in [6.07, 6.45) is 0. The van der Waals surface area contributed by atoms with E-state index in [0.29, 0.717) is 11.1 Å². The van der Waals surface area contributed by atoms with E-state index < -0.39 is 0 Å². The van der Waals surface area contributed by atoms with Crippen molar-refractivity contribution >= 4 is 15.9 Å². The average Bonchev–Trinajstić information content (AvgIpc) is 2.43. The van der Waals surface area contributed by atoms with Crippen molar-refractivity contribution in [3.05, 3.63) is 68.9 Å². The standard InChI is InChI=1S/C17H19BrFN/c1-4-20-17(14-7-5-6-8-15(14)18)13-9-11(2)16(19)12(3)10-13/h5-10,17,20H,4H2,1-3H3. The SMILES string of the molecule is CCNC(c1cc(C)c(F)c(C)c1)c1ccccc1Br. The second-order valence-electron chi connectivity index (χ2n) is 4.98. The second-order valence-corrected chi connectivity index (χ2v) is 5.84. The van der Waals surface area contributed by atoms with E-state index in [9.17, 15) is 4.39 Å². The Morgan fingerprint density at radius 3 is 2.30 bits per heavy atom. The van der Waals surface area contributed by atoms with Gasteiger partial charge in [-0.05, 0) is 48.7 Å². The molecule has 0 bridgehead atoms. The van der Waals surface area contributed by atoms with Gasteiger partial charge < -0.3 is 5.32 Å². The number of halogens is 2. The summed E-state index contributed by atoms with van der Waals surface area (Å²) in [5, 5.41) is 3.48. The summed E-state index contributed by atoms with van der Waals surface area (Å²) in [5.41, 5.74) is 3.64. The minimum absolute atomic E-state index is 0.0635. The van der Waals surface area contributed by atoms with E-state index in [4.69, 9.17) is 0 Å². The Kier molecular flexibility index (Phi) is 4.95. The molecule has 0 aliphatic rings. The molecule has 0 aliphatic heterocycles. The minimum atomic E-state index is -0.115. The molecule has 1 atom stereocenters. The van der Waals surface area contributed by atoms with Gasteiger partial charge in [-0.2, -0.15) is 0 Å². The molecule has 0 saturated heterocycles. The van der Waals surface area contributed by atoms with Crippen molar-refractivity contribution < 1.29 is 4.39 Å². The maximum atomic E-state index is 13.8. The molecule has 0 aliphatic carbocycles. The van der Waals surface area contributed by atoms with Crippen LogP contribution in [0.1, 0.15) is 35.2 Å². The zero-order chi connectivity index (χ0) is 14.7. The van der Waals surface area contributed by atoms with Crippen molar-refractivity contribution in [1.82, 2.24) is 5.32 Å². The Bertz CT molecular complexity index is 587. The molecule has 3 heteroatoms. The van der Waals surface area contributed by atoms with Crippen molar-refractivity contribution in [2.24, 2.45) is 0 Å². The molecule has 1 unspecified atom stereocenters. The molecule has 0 radical (unpaired) electrons. The van der Waals surface area contributed by atoms with Crippen LogP contribution in [0.2, 0.25) is 0 Å². The summed E-state index contributed by atoms with van der Waals surface area (Å²) in [7, 11) is 0. The van der Waals surface area contributed by atoms with Crippen molar-refractivity contribution in [2.75, 3.05) is 6.54 Å². The molecule has 2 aromatic carbocycles. The van der Waals surface area contributed by atoms with Crippen LogP contribution in [0.3, 0.4) is 0 Å². The molecule has 0 spiro atoms. The lowest BCUT2D eigenvalue weighted by Gasteiger charge is -2.21. The lowest BCUT2D eigenvalue weighted by molar-refractivity contribution is 0.598. The first-order valence-electron chi connectivity index (χ1n) is 6.79. The predicted molar refractivity (Wildman–Crippen MR) is 85.5 cm³/mol. The van der Waals surface area contributed by atoms with E-state index in [1.807, 2.05) is 44.2 Å². The normalized spacial score (nSPS) is 12.4.